The monoisotopic (exact) mass is 267 g/mol. The first-order valence-corrected chi connectivity index (χ1v) is 6.46. The Morgan fingerprint density at radius 3 is 2.84 bits per heavy atom. The minimum atomic E-state index is -0.333. The molecule has 104 valence electrons. The molecule has 1 amide bonds. The van der Waals surface area contributed by atoms with Crippen molar-refractivity contribution in [3.8, 4) is 5.75 Å². The van der Waals surface area contributed by atoms with Gasteiger partial charge in [0.1, 0.15) is 11.6 Å². The summed E-state index contributed by atoms with van der Waals surface area (Å²) in [5.74, 6) is 0.219. The number of amides is 1. The van der Waals surface area contributed by atoms with Gasteiger partial charge in [-0.3, -0.25) is 4.79 Å². The number of aliphatic hydroxyl groups excluding tert-OH is 1. The summed E-state index contributed by atoms with van der Waals surface area (Å²) in [5.41, 5.74) is 0. The largest absolute Gasteiger partial charge is 0.484 e. The Hall–Kier alpha value is -1.62. The third kappa shape index (κ3) is 3.92. The van der Waals surface area contributed by atoms with E-state index in [9.17, 15) is 9.18 Å². The Balaban J connectivity index is 1.82. The lowest BCUT2D eigenvalue weighted by molar-refractivity contribution is -0.135. The van der Waals surface area contributed by atoms with Crippen LogP contribution in [0.2, 0.25) is 0 Å². The quantitative estimate of drug-likeness (QED) is 0.898. The number of piperidine rings is 1. The van der Waals surface area contributed by atoms with Crippen LogP contribution in [0.3, 0.4) is 0 Å². The Morgan fingerprint density at radius 1 is 1.42 bits per heavy atom. The first kappa shape index (κ1) is 13.8. The fourth-order valence-corrected chi connectivity index (χ4v) is 2.21. The lowest BCUT2D eigenvalue weighted by Gasteiger charge is -2.31. The van der Waals surface area contributed by atoms with Crippen molar-refractivity contribution in [2.75, 3.05) is 26.3 Å². The van der Waals surface area contributed by atoms with Gasteiger partial charge in [0.05, 0.1) is 0 Å². The molecule has 0 aromatic heterocycles. The number of carbonyl (C=O) groups is 1. The minimum absolute atomic E-state index is 0.0518. The van der Waals surface area contributed by atoms with Gasteiger partial charge in [0.25, 0.3) is 5.91 Å². The van der Waals surface area contributed by atoms with Crippen LogP contribution in [0.1, 0.15) is 12.8 Å². The second kappa shape index (κ2) is 6.52. The number of aliphatic hydroxyl groups is 1. The van der Waals surface area contributed by atoms with Crippen LogP contribution in [0.4, 0.5) is 4.39 Å². The highest BCUT2D eigenvalue weighted by atomic mass is 19.1. The van der Waals surface area contributed by atoms with E-state index in [1.165, 1.54) is 24.3 Å². The van der Waals surface area contributed by atoms with Gasteiger partial charge in [0, 0.05) is 19.7 Å². The normalized spacial score (nSPS) is 19.3. The summed E-state index contributed by atoms with van der Waals surface area (Å²) in [5, 5.41) is 9.12. The molecule has 1 heterocycles. The zero-order chi connectivity index (χ0) is 13.7. The smallest absolute Gasteiger partial charge is 0.260 e. The van der Waals surface area contributed by atoms with E-state index in [1.807, 2.05) is 0 Å². The number of carbonyl (C=O) groups excluding carboxylic acids is 1. The fourth-order valence-electron chi connectivity index (χ4n) is 2.21. The first-order chi connectivity index (χ1) is 9.19. The molecule has 5 heteroatoms. The van der Waals surface area contributed by atoms with Gasteiger partial charge in [-0.2, -0.15) is 0 Å². The molecule has 1 unspecified atom stereocenters. The molecule has 1 aliphatic heterocycles. The van der Waals surface area contributed by atoms with Gasteiger partial charge in [0.15, 0.2) is 6.61 Å². The number of likely N-dealkylation sites (tertiary alicyclic amines) is 1. The lowest BCUT2D eigenvalue weighted by atomic mass is 9.99. The van der Waals surface area contributed by atoms with Gasteiger partial charge in [0.2, 0.25) is 0 Å². The Bertz CT molecular complexity index is 421. The third-order valence-electron chi connectivity index (χ3n) is 3.31. The number of benzene rings is 1. The van der Waals surface area contributed by atoms with E-state index in [1.54, 1.807) is 4.90 Å². The molecule has 0 radical (unpaired) electrons. The van der Waals surface area contributed by atoms with E-state index in [0.29, 0.717) is 18.8 Å². The van der Waals surface area contributed by atoms with E-state index in [0.717, 1.165) is 12.8 Å². The average Bonchev–Trinajstić information content (AvgIpc) is 2.46. The fraction of sp³-hybridized carbons (Fsp3) is 0.500. The number of hydrogen-bond acceptors (Lipinski definition) is 3. The van der Waals surface area contributed by atoms with Gasteiger partial charge in [-0.05, 0) is 43.0 Å². The summed E-state index contributed by atoms with van der Waals surface area (Å²) in [6.07, 6.45) is 1.87. The zero-order valence-electron chi connectivity index (χ0n) is 10.7. The van der Waals surface area contributed by atoms with Crippen LogP contribution in [-0.4, -0.2) is 42.2 Å². The van der Waals surface area contributed by atoms with Crippen molar-refractivity contribution in [3.05, 3.63) is 30.1 Å². The summed E-state index contributed by atoms with van der Waals surface area (Å²) in [6, 6.07) is 5.58. The van der Waals surface area contributed by atoms with Crippen LogP contribution in [0.25, 0.3) is 0 Å². The summed E-state index contributed by atoms with van der Waals surface area (Å²) in [4.78, 5) is 13.7. The van der Waals surface area contributed by atoms with E-state index >= 15 is 0 Å². The maximum atomic E-state index is 12.7. The Kier molecular flexibility index (Phi) is 4.74. The Labute approximate surface area is 111 Å². The molecule has 0 saturated carbocycles. The van der Waals surface area contributed by atoms with Crippen molar-refractivity contribution in [3.63, 3.8) is 0 Å². The molecule has 4 nitrogen and oxygen atoms in total. The van der Waals surface area contributed by atoms with Crippen molar-refractivity contribution in [2.24, 2.45) is 5.92 Å². The molecule has 1 atom stereocenters. The van der Waals surface area contributed by atoms with Crippen LogP contribution in [0.5, 0.6) is 5.75 Å². The van der Waals surface area contributed by atoms with Crippen LogP contribution in [0.15, 0.2) is 24.3 Å². The molecule has 1 aliphatic rings. The minimum Gasteiger partial charge on any atom is -0.484 e. The van der Waals surface area contributed by atoms with Crippen LogP contribution in [-0.2, 0) is 4.79 Å². The van der Waals surface area contributed by atoms with E-state index in [2.05, 4.69) is 0 Å². The highest BCUT2D eigenvalue weighted by molar-refractivity contribution is 5.77. The summed E-state index contributed by atoms with van der Waals surface area (Å²) in [6.45, 7) is 1.36. The SMILES string of the molecule is O=C(COc1ccc(F)cc1)N1CCCC(CO)C1. The second-order valence-electron chi connectivity index (χ2n) is 4.77. The van der Waals surface area contributed by atoms with Crippen molar-refractivity contribution in [2.45, 2.75) is 12.8 Å². The predicted molar refractivity (Wildman–Crippen MR) is 68.3 cm³/mol. The number of nitrogens with zero attached hydrogens (tertiary/aromatic N) is 1. The molecular formula is C14H18FNO3. The van der Waals surface area contributed by atoms with Crippen molar-refractivity contribution < 1.29 is 19.0 Å². The average molecular weight is 267 g/mol. The van der Waals surface area contributed by atoms with Crippen molar-refractivity contribution in [1.29, 1.82) is 0 Å². The number of rotatable bonds is 4. The van der Waals surface area contributed by atoms with Crippen LogP contribution < -0.4 is 4.74 Å². The maximum Gasteiger partial charge on any atom is 0.260 e. The topological polar surface area (TPSA) is 49.8 Å². The van der Waals surface area contributed by atoms with Gasteiger partial charge in [-0.15, -0.1) is 0 Å². The highest BCUT2D eigenvalue weighted by Crippen LogP contribution is 2.16. The molecule has 0 aliphatic carbocycles. The molecule has 2 rings (SSSR count). The summed E-state index contributed by atoms with van der Waals surface area (Å²) in [7, 11) is 0. The molecule has 1 N–H and O–H groups in total. The molecule has 19 heavy (non-hydrogen) atoms. The maximum absolute atomic E-state index is 12.7. The van der Waals surface area contributed by atoms with E-state index in [4.69, 9.17) is 9.84 Å². The Morgan fingerprint density at radius 2 is 2.16 bits per heavy atom. The molecule has 1 fully saturated rings. The predicted octanol–water partition coefficient (Wildman–Crippen LogP) is 1.44. The third-order valence-corrected chi connectivity index (χ3v) is 3.31. The number of hydrogen-bond donors (Lipinski definition) is 1. The lowest BCUT2D eigenvalue weighted by Crippen LogP contribution is -2.43. The van der Waals surface area contributed by atoms with Crippen molar-refractivity contribution in [1.82, 2.24) is 4.90 Å². The summed E-state index contributed by atoms with van der Waals surface area (Å²) >= 11 is 0. The standard InChI is InChI=1S/C14H18FNO3/c15-12-3-5-13(6-4-12)19-10-14(18)16-7-1-2-11(8-16)9-17/h3-6,11,17H,1-2,7-10H2. The molecule has 1 saturated heterocycles. The second-order valence-corrected chi connectivity index (χ2v) is 4.77. The number of ether oxygens (including phenoxy) is 1. The first-order valence-electron chi connectivity index (χ1n) is 6.46. The van der Waals surface area contributed by atoms with Gasteiger partial charge in [-0.25, -0.2) is 4.39 Å². The van der Waals surface area contributed by atoms with E-state index in [-0.39, 0.29) is 30.9 Å². The molecular weight excluding hydrogens is 249 g/mol. The number of halogens is 1. The summed E-state index contributed by atoms with van der Waals surface area (Å²) < 4.78 is 18.0. The van der Waals surface area contributed by atoms with E-state index < -0.39 is 0 Å². The van der Waals surface area contributed by atoms with Gasteiger partial charge < -0.3 is 14.7 Å². The molecule has 0 bridgehead atoms. The van der Waals surface area contributed by atoms with Crippen LogP contribution in [0, 0.1) is 11.7 Å². The van der Waals surface area contributed by atoms with Crippen molar-refractivity contribution >= 4 is 5.91 Å². The zero-order valence-corrected chi connectivity index (χ0v) is 10.7. The van der Waals surface area contributed by atoms with Crippen LogP contribution >= 0.6 is 0 Å². The van der Waals surface area contributed by atoms with Gasteiger partial charge >= 0.3 is 0 Å². The molecule has 1 aromatic rings. The highest BCUT2D eigenvalue weighted by Gasteiger charge is 2.23. The van der Waals surface area contributed by atoms with Gasteiger partial charge in [-0.1, -0.05) is 0 Å². The molecule has 0 spiro atoms. The molecule has 1 aromatic carbocycles.